The molecule has 0 bridgehead atoms. The second-order valence-corrected chi connectivity index (χ2v) is 3.28. The van der Waals surface area contributed by atoms with Gasteiger partial charge in [-0.3, -0.25) is 0 Å². The van der Waals surface area contributed by atoms with E-state index in [1.807, 2.05) is 0 Å². The molecule has 0 aliphatic heterocycles. The fourth-order valence-electron chi connectivity index (χ4n) is 1.07. The van der Waals surface area contributed by atoms with Gasteiger partial charge < -0.3 is 4.43 Å². The molecule has 0 N–H and O–H groups in total. The van der Waals surface area contributed by atoms with Gasteiger partial charge in [-0.2, -0.15) is 0 Å². The van der Waals surface area contributed by atoms with Gasteiger partial charge in [-0.1, -0.05) is 25.5 Å². The van der Waals surface area contributed by atoms with Crippen LogP contribution in [0.5, 0.6) is 0 Å². The lowest BCUT2D eigenvalue weighted by molar-refractivity contribution is 0.342. The van der Waals surface area contributed by atoms with Crippen LogP contribution in [0.4, 0.5) is 0 Å². The number of hydrogen-bond donors (Lipinski definition) is 0. The van der Waals surface area contributed by atoms with Crippen molar-refractivity contribution in [3.05, 3.63) is 11.6 Å². The second kappa shape index (κ2) is 8.02. The molecule has 0 unspecified atom stereocenters. The number of hydrogen-bond acceptors (Lipinski definition) is 1. The van der Waals surface area contributed by atoms with Crippen molar-refractivity contribution in [1.82, 2.24) is 0 Å². The van der Waals surface area contributed by atoms with Crippen LogP contribution in [-0.2, 0) is 4.43 Å². The summed E-state index contributed by atoms with van der Waals surface area (Å²) in [5.41, 5.74) is 1.58. The maximum atomic E-state index is 5.10. The van der Waals surface area contributed by atoms with Crippen LogP contribution in [0.1, 0.15) is 39.5 Å². The fraction of sp³-hybridized carbons (Fsp3) is 0.778. The molecule has 1 nitrogen and oxygen atoms in total. The zero-order valence-electron chi connectivity index (χ0n) is 8.02. The van der Waals surface area contributed by atoms with Gasteiger partial charge in [-0.15, -0.1) is 0 Å². The highest BCUT2D eigenvalue weighted by Gasteiger charge is 1.88. The average Bonchev–Trinajstić information content (AvgIpc) is 2.05. The normalized spacial score (nSPS) is 10.0. The molecule has 2 heteroatoms. The molecule has 0 heterocycles. The van der Waals surface area contributed by atoms with E-state index in [1.54, 1.807) is 5.57 Å². The van der Waals surface area contributed by atoms with Crippen molar-refractivity contribution in [1.29, 1.82) is 0 Å². The van der Waals surface area contributed by atoms with Gasteiger partial charge in [0.05, 0.1) is 0 Å². The van der Waals surface area contributed by atoms with Gasteiger partial charge in [0.1, 0.15) is 10.5 Å². The number of unbranched alkanes of at least 4 members (excludes halogenated alkanes) is 1. The van der Waals surface area contributed by atoms with Crippen LogP contribution in [0.15, 0.2) is 11.6 Å². The van der Waals surface area contributed by atoms with E-state index >= 15 is 0 Å². The highest BCUT2D eigenvalue weighted by Crippen LogP contribution is 2.07. The molecule has 0 aromatic carbocycles. The standard InChI is InChI=1S/C9H20OSi/c1-3-9(4-2)7-5-6-8-10-11/h7H,3-6,8H2,1-2,11H3. The fourth-order valence-corrected chi connectivity index (χ4v) is 1.36. The Kier molecular flexibility index (Phi) is 7.96. The third-order valence-corrected chi connectivity index (χ3v) is 2.30. The van der Waals surface area contributed by atoms with E-state index in [2.05, 4.69) is 19.9 Å². The smallest absolute Gasteiger partial charge is 0.145 e. The van der Waals surface area contributed by atoms with E-state index in [0.29, 0.717) is 0 Å². The van der Waals surface area contributed by atoms with Crippen LogP contribution in [-0.4, -0.2) is 17.1 Å². The molecule has 66 valence electrons. The molecule has 0 atom stereocenters. The minimum Gasteiger partial charge on any atom is -0.428 e. The Morgan fingerprint density at radius 1 is 1.36 bits per heavy atom. The lowest BCUT2D eigenvalue weighted by Gasteiger charge is -1.99. The molecule has 0 aromatic heterocycles. The highest BCUT2D eigenvalue weighted by molar-refractivity contribution is 5.97. The predicted molar refractivity (Wildman–Crippen MR) is 53.8 cm³/mol. The summed E-state index contributed by atoms with van der Waals surface area (Å²) in [6.07, 6.45) is 7.16. The lowest BCUT2D eigenvalue weighted by Crippen LogP contribution is -1.88. The van der Waals surface area contributed by atoms with Gasteiger partial charge >= 0.3 is 0 Å². The van der Waals surface area contributed by atoms with Crippen LogP contribution in [0.2, 0.25) is 0 Å². The maximum Gasteiger partial charge on any atom is 0.145 e. The van der Waals surface area contributed by atoms with E-state index < -0.39 is 0 Å². The Morgan fingerprint density at radius 2 is 2.00 bits per heavy atom. The van der Waals surface area contributed by atoms with Gasteiger partial charge in [0.15, 0.2) is 0 Å². The summed E-state index contributed by atoms with van der Waals surface area (Å²) in [5.74, 6) is 0. The van der Waals surface area contributed by atoms with Crippen LogP contribution in [0, 0.1) is 0 Å². The van der Waals surface area contributed by atoms with E-state index in [-0.39, 0.29) is 0 Å². The molecule has 0 saturated carbocycles. The van der Waals surface area contributed by atoms with Gasteiger partial charge in [-0.05, 0) is 25.7 Å². The Balaban J connectivity index is 3.37. The molecule has 11 heavy (non-hydrogen) atoms. The zero-order chi connectivity index (χ0) is 8.53. The van der Waals surface area contributed by atoms with Crippen LogP contribution >= 0.6 is 0 Å². The first kappa shape index (κ1) is 10.9. The maximum absolute atomic E-state index is 5.10. The largest absolute Gasteiger partial charge is 0.428 e. The molecular formula is C9H20OSi. The van der Waals surface area contributed by atoms with Crippen molar-refractivity contribution in [2.75, 3.05) is 6.61 Å². The third kappa shape index (κ3) is 6.32. The zero-order valence-corrected chi connectivity index (χ0v) is 10.0. The summed E-state index contributed by atoms with van der Waals surface area (Å²) in [7, 11) is 0.883. The number of allylic oxidation sites excluding steroid dienone is 2. The third-order valence-electron chi connectivity index (χ3n) is 1.89. The first-order chi connectivity index (χ1) is 5.35. The van der Waals surface area contributed by atoms with Crippen LogP contribution < -0.4 is 0 Å². The molecule has 0 radical (unpaired) electrons. The molecule has 0 fully saturated rings. The monoisotopic (exact) mass is 172 g/mol. The Morgan fingerprint density at radius 3 is 2.45 bits per heavy atom. The summed E-state index contributed by atoms with van der Waals surface area (Å²) in [4.78, 5) is 0. The van der Waals surface area contributed by atoms with Crippen LogP contribution in [0.25, 0.3) is 0 Å². The average molecular weight is 172 g/mol. The predicted octanol–water partition coefficient (Wildman–Crippen LogP) is 1.81. The number of rotatable bonds is 6. The molecule has 0 rings (SSSR count). The van der Waals surface area contributed by atoms with Crippen molar-refractivity contribution in [2.24, 2.45) is 0 Å². The molecule has 0 saturated heterocycles. The lowest BCUT2D eigenvalue weighted by atomic mass is 10.1. The van der Waals surface area contributed by atoms with Crippen LogP contribution in [0.3, 0.4) is 0 Å². The van der Waals surface area contributed by atoms with Crippen molar-refractivity contribution in [3.8, 4) is 0 Å². The molecule has 0 spiro atoms. The molecule has 0 aromatic rings. The highest BCUT2D eigenvalue weighted by atomic mass is 28.2. The molecule has 0 aliphatic rings. The summed E-state index contributed by atoms with van der Waals surface area (Å²) in [5, 5.41) is 0. The molecule has 0 amide bonds. The first-order valence-corrected chi connectivity index (χ1v) is 5.33. The SMILES string of the molecule is CCC(=CCCCO[SiH3])CC. The first-order valence-electron chi connectivity index (χ1n) is 4.52. The minimum atomic E-state index is 0.883. The van der Waals surface area contributed by atoms with Gasteiger partial charge in [-0.25, -0.2) is 0 Å². The van der Waals surface area contributed by atoms with Crippen molar-refractivity contribution in [3.63, 3.8) is 0 Å². The van der Waals surface area contributed by atoms with Gasteiger partial charge in [0.25, 0.3) is 0 Å². The van der Waals surface area contributed by atoms with E-state index in [4.69, 9.17) is 4.43 Å². The molecular weight excluding hydrogens is 152 g/mol. The van der Waals surface area contributed by atoms with Gasteiger partial charge in [0.2, 0.25) is 0 Å². The Bertz CT molecular complexity index is 104. The van der Waals surface area contributed by atoms with Crippen molar-refractivity contribution < 1.29 is 4.43 Å². The minimum absolute atomic E-state index is 0.883. The summed E-state index contributed by atoms with van der Waals surface area (Å²) in [6, 6.07) is 0. The van der Waals surface area contributed by atoms with Crippen molar-refractivity contribution >= 4 is 10.5 Å². The van der Waals surface area contributed by atoms with E-state index in [9.17, 15) is 0 Å². The van der Waals surface area contributed by atoms with Crippen molar-refractivity contribution in [2.45, 2.75) is 39.5 Å². The van der Waals surface area contributed by atoms with E-state index in [1.165, 1.54) is 25.7 Å². The van der Waals surface area contributed by atoms with E-state index in [0.717, 1.165) is 17.1 Å². The topological polar surface area (TPSA) is 9.23 Å². The summed E-state index contributed by atoms with van der Waals surface area (Å²) >= 11 is 0. The second-order valence-electron chi connectivity index (χ2n) is 2.70. The van der Waals surface area contributed by atoms with Gasteiger partial charge in [0, 0.05) is 6.61 Å². The quantitative estimate of drug-likeness (QED) is 0.337. The Hall–Kier alpha value is -0.0831. The Labute approximate surface area is 73.4 Å². The molecule has 0 aliphatic carbocycles. The summed E-state index contributed by atoms with van der Waals surface area (Å²) in [6.45, 7) is 5.39. The summed E-state index contributed by atoms with van der Waals surface area (Å²) < 4.78 is 5.10.